The monoisotopic (exact) mass is 327 g/mol. The molecule has 0 spiro atoms. The van der Waals surface area contributed by atoms with Gasteiger partial charge in [0, 0.05) is 6.07 Å². The molecule has 5 heteroatoms. The van der Waals surface area contributed by atoms with Crippen LogP contribution in [0.25, 0.3) is 0 Å². The highest BCUT2D eigenvalue weighted by Crippen LogP contribution is 2.30. The van der Waals surface area contributed by atoms with Crippen LogP contribution in [0.15, 0.2) is 36.4 Å². The topological polar surface area (TPSA) is 21.3 Å². The number of methoxy groups -OCH3 is 1. The summed E-state index contributed by atoms with van der Waals surface area (Å²) in [5, 5.41) is 4.17. The van der Waals surface area contributed by atoms with E-state index in [1.807, 2.05) is 13.0 Å². The van der Waals surface area contributed by atoms with E-state index in [1.165, 1.54) is 6.07 Å². The van der Waals surface area contributed by atoms with Crippen LogP contribution in [-0.2, 0) is 0 Å². The summed E-state index contributed by atoms with van der Waals surface area (Å²) >= 11 is 12.0. The number of anilines is 1. The molecule has 0 fully saturated rings. The van der Waals surface area contributed by atoms with Gasteiger partial charge < -0.3 is 10.1 Å². The van der Waals surface area contributed by atoms with Crippen LogP contribution in [0.3, 0.4) is 0 Å². The van der Waals surface area contributed by atoms with Crippen molar-refractivity contribution in [3.8, 4) is 5.75 Å². The van der Waals surface area contributed by atoms with Gasteiger partial charge in [0.1, 0.15) is 11.6 Å². The van der Waals surface area contributed by atoms with E-state index in [4.69, 9.17) is 27.9 Å². The van der Waals surface area contributed by atoms with E-state index >= 15 is 0 Å². The molecule has 0 heterocycles. The largest absolute Gasteiger partial charge is 0.497 e. The van der Waals surface area contributed by atoms with E-state index in [2.05, 4.69) is 5.32 Å². The second-order valence-corrected chi connectivity index (χ2v) is 5.44. The number of ether oxygens (including phenoxy) is 1. The lowest BCUT2D eigenvalue weighted by Gasteiger charge is -2.20. The first kappa shape index (κ1) is 15.9. The Morgan fingerprint density at radius 1 is 1.14 bits per heavy atom. The van der Waals surface area contributed by atoms with Gasteiger partial charge in [-0.05, 0) is 36.2 Å². The highest BCUT2D eigenvalue weighted by molar-refractivity contribution is 6.42. The molecule has 1 unspecified atom stereocenters. The molecule has 0 amide bonds. The van der Waals surface area contributed by atoms with Gasteiger partial charge in [0.25, 0.3) is 0 Å². The minimum Gasteiger partial charge on any atom is -0.497 e. The van der Waals surface area contributed by atoms with Crippen LogP contribution in [0.4, 0.5) is 10.1 Å². The summed E-state index contributed by atoms with van der Waals surface area (Å²) in [7, 11) is 1.55. The van der Waals surface area contributed by atoms with E-state index in [-0.39, 0.29) is 11.9 Å². The van der Waals surface area contributed by atoms with Crippen molar-refractivity contribution in [1.82, 2.24) is 0 Å². The molecular formula is C16H16Cl2FNO. The Kier molecular flexibility index (Phi) is 5.32. The molecule has 112 valence electrons. The molecular weight excluding hydrogens is 312 g/mol. The molecule has 0 radical (unpaired) electrons. The normalized spacial score (nSPS) is 12.0. The van der Waals surface area contributed by atoms with Crippen LogP contribution in [0.2, 0.25) is 10.0 Å². The van der Waals surface area contributed by atoms with Crippen molar-refractivity contribution in [2.24, 2.45) is 0 Å². The Morgan fingerprint density at radius 3 is 2.52 bits per heavy atom. The maximum Gasteiger partial charge on any atom is 0.146 e. The van der Waals surface area contributed by atoms with Gasteiger partial charge in [-0.3, -0.25) is 0 Å². The van der Waals surface area contributed by atoms with Crippen molar-refractivity contribution in [1.29, 1.82) is 0 Å². The average molecular weight is 328 g/mol. The highest BCUT2D eigenvalue weighted by atomic mass is 35.5. The lowest BCUT2D eigenvalue weighted by atomic mass is 10.0. The second kappa shape index (κ2) is 7.01. The van der Waals surface area contributed by atoms with E-state index in [1.54, 1.807) is 31.4 Å². The van der Waals surface area contributed by atoms with Crippen molar-refractivity contribution in [2.45, 2.75) is 19.4 Å². The van der Waals surface area contributed by atoms with Crippen LogP contribution in [-0.4, -0.2) is 7.11 Å². The molecule has 2 nitrogen and oxygen atoms in total. The van der Waals surface area contributed by atoms with Crippen molar-refractivity contribution in [2.75, 3.05) is 12.4 Å². The first-order valence-corrected chi connectivity index (χ1v) is 7.35. The SMILES string of the molecule is CCC(Nc1cc(OC)ccc1F)c1ccc(Cl)c(Cl)c1. The van der Waals surface area contributed by atoms with Crippen molar-refractivity contribution >= 4 is 28.9 Å². The second-order valence-electron chi connectivity index (χ2n) is 4.62. The maximum atomic E-state index is 13.9. The predicted molar refractivity (Wildman–Crippen MR) is 86.1 cm³/mol. The fraction of sp³-hybridized carbons (Fsp3) is 0.250. The fourth-order valence-corrected chi connectivity index (χ4v) is 2.39. The van der Waals surface area contributed by atoms with E-state index in [0.29, 0.717) is 21.5 Å². The van der Waals surface area contributed by atoms with E-state index < -0.39 is 0 Å². The molecule has 21 heavy (non-hydrogen) atoms. The summed E-state index contributed by atoms with van der Waals surface area (Å²) < 4.78 is 19.0. The van der Waals surface area contributed by atoms with Gasteiger partial charge in [0.15, 0.2) is 0 Å². The smallest absolute Gasteiger partial charge is 0.146 e. The summed E-state index contributed by atoms with van der Waals surface area (Å²) in [5.41, 5.74) is 1.35. The lowest BCUT2D eigenvalue weighted by molar-refractivity contribution is 0.414. The van der Waals surface area contributed by atoms with Gasteiger partial charge in [-0.25, -0.2) is 4.39 Å². The molecule has 0 saturated carbocycles. The standard InChI is InChI=1S/C16H16Cl2FNO/c1-3-15(10-4-6-12(17)13(18)8-10)20-16-9-11(21-2)5-7-14(16)19/h4-9,15,20H,3H2,1-2H3. The maximum absolute atomic E-state index is 13.9. The molecule has 0 aliphatic carbocycles. The van der Waals surface area contributed by atoms with Crippen molar-refractivity contribution in [3.63, 3.8) is 0 Å². The summed E-state index contributed by atoms with van der Waals surface area (Å²) in [6, 6.07) is 9.95. The number of halogens is 3. The van der Waals surface area contributed by atoms with Crippen LogP contribution < -0.4 is 10.1 Å². The van der Waals surface area contributed by atoms with Gasteiger partial charge in [-0.15, -0.1) is 0 Å². The lowest BCUT2D eigenvalue weighted by Crippen LogP contribution is -2.11. The number of nitrogens with one attached hydrogen (secondary N) is 1. The van der Waals surface area contributed by atoms with Gasteiger partial charge in [-0.2, -0.15) is 0 Å². The van der Waals surface area contributed by atoms with Gasteiger partial charge >= 0.3 is 0 Å². The minimum absolute atomic E-state index is 0.0682. The zero-order valence-electron chi connectivity index (χ0n) is 11.8. The zero-order valence-corrected chi connectivity index (χ0v) is 13.3. The number of rotatable bonds is 5. The first-order valence-electron chi connectivity index (χ1n) is 6.60. The van der Waals surface area contributed by atoms with Crippen LogP contribution in [0, 0.1) is 5.82 Å². The number of hydrogen-bond donors (Lipinski definition) is 1. The molecule has 1 N–H and O–H groups in total. The Balaban J connectivity index is 2.28. The molecule has 0 aliphatic rings. The van der Waals surface area contributed by atoms with Gasteiger partial charge in [-0.1, -0.05) is 36.2 Å². The molecule has 0 bridgehead atoms. The quantitative estimate of drug-likeness (QED) is 0.760. The zero-order chi connectivity index (χ0) is 15.4. The molecule has 0 saturated heterocycles. The van der Waals surface area contributed by atoms with E-state index in [9.17, 15) is 4.39 Å². The third-order valence-electron chi connectivity index (χ3n) is 3.26. The highest BCUT2D eigenvalue weighted by Gasteiger charge is 2.13. The third kappa shape index (κ3) is 3.80. The van der Waals surface area contributed by atoms with Crippen LogP contribution in [0.5, 0.6) is 5.75 Å². The molecule has 2 aromatic rings. The van der Waals surface area contributed by atoms with Gasteiger partial charge in [0.05, 0.1) is 28.9 Å². The van der Waals surface area contributed by atoms with Crippen molar-refractivity contribution < 1.29 is 9.13 Å². The molecule has 0 aromatic heterocycles. The minimum atomic E-state index is -0.325. The Bertz CT molecular complexity index is 634. The third-order valence-corrected chi connectivity index (χ3v) is 4.00. The number of hydrogen-bond acceptors (Lipinski definition) is 2. The summed E-state index contributed by atoms with van der Waals surface area (Å²) in [6.07, 6.45) is 0.772. The van der Waals surface area contributed by atoms with Crippen molar-refractivity contribution in [3.05, 3.63) is 57.8 Å². The Labute approximate surface area is 133 Å². The molecule has 2 aromatic carbocycles. The number of benzene rings is 2. The fourth-order valence-electron chi connectivity index (χ4n) is 2.08. The Morgan fingerprint density at radius 2 is 1.90 bits per heavy atom. The summed E-state index contributed by atoms with van der Waals surface area (Å²) in [5.74, 6) is 0.275. The molecule has 0 aliphatic heterocycles. The predicted octanol–water partition coefficient (Wildman–Crippen LogP) is 5.70. The van der Waals surface area contributed by atoms with Gasteiger partial charge in [0.2, 0.25) is 0 Å². The van der Waals surface area contributed by atoms with Crippen LogP contribution in [0.1, 0.15) is 24.9 Å². The molecule has 2 rings (SSSR count). The first-order chi connectivity index (χ1) is 10.0. The summed E-state index contributed by atoms with van der Waals surface area (Å²) in [4.78, 5) is 0. The molecule has 1 atom stereocenters. The average Bonchev–Trinajstić information content (AvgIpc) is 2.49. The summed E-state index contributed by atoms with van der Waals surface area (Å²) in [6.45, 7) is 2.01. The Hall–Kier alpha value is -1.45. The van der Waals surface area contributed by atoms with E-state index in [0.717, 1.165) is 12.0 Å². The van der Waals surface area contributed by atoms with Crippen LogP contribution >= 0.6 is 23.2 Å².